The topological polar surface area (TPSA) is 26.0 Å². The van der Waals surface area contributed by atoms with Gasteiger partial charge in [-0.1, -0.05) is 36.0 Å². The van der Waals surface area contributed by atoms with Gasteiger partial charge in [0.25, 0.3) is 0 Å². The molecule has 1 aliphatic rings. The van der Waals surface area contributed by atoms with Crippen molar-refractivity contribution < 1.29 is 0 Å². The summed E-state index contributed by atoms with van der Waals surface area (Å²) in [7, 11) is 0. The van der Waals surface area contributed by atoms with Crippen LogP contribution in [-0.2, 0) is 0 Å². The van der Waals surface area contributed by atoms with Gasteiger partial charge >= 0.3 is 0 Å². The van der Waals surface area contributed by atoms with Crippen LogP contribution in [0.25, 0.3) is 0 Å². The summed E-state index contributed by atoms with van der Waals surface area (Å²) in [6.45, 7) is 13.1. The minimum absolute atomic E-state index is 0.584. The molecule has 0 bridgehead atoms. The molecule has 0 fully saturated rings. The van der Waals surface area contributed by atoms with E-state index in [0.29, 0.717) is 6.54 Å². The average Bonchev–Trinajstić information content (AvgIpc) is 2.38. The van der Waals surface area contributed by atoms with E-state index in [-0.39, 0.29) is 0 Å². The van der Waals surface area contributed by atoms with E-state index in [2.05, 4.69) is 33.1 Å². The zero-order valence-corrected chi connectivity index (χ0v) is 12.0. The van der Waals surface area contributed by atoms with Crippen LogP contribution in [0.3, 0.4) is 0 Å². The largest absolute Gasteiger partial charge is 0.327 e. The zero-order valence-electron chi connectivity index (χ0n) is 12.0. The van der Waals surface area contributed by atoms with E-state index in [0.717, 1.165) is 18.4 Å². The molecule has 2 N–H and O–H groups in total. The second kappa shape index (κ2) is 7.38. The molecule has 0 radical (unpaired) electrons. The Morgan fingerprint density at radius 2 is 1.89 bits per heavy atom. The summed E-state index contributed by atoms with van der Waals surface area (Å²) in [5, 5.41) is 0. The van der Waals surface area contributed by atoms with Gasteiger partial charge in [0.2, 0.25) is 0 Å². The second-order valence-electron chi connectivity index (χ2n) is 5.40. The lowest BCUT2D eigenvalue weighted by Crippen LogP contribution is -2.02. The van der Waals surface area contributed by atoms with Crippen LogP contribution in [0.4, 0.5) is 0 Å². The van der Waals surface area contributed by atoms with E-state index in [1.54, 1.807) is 5.57 Å². The Bertz CT molecular complexity index is 382. The first-order valence-corrected chi connectivity index (χ1v) is 6.96. The van der Waals surface area contributed by atoms with Crippen LogP contribution in [0.15, 0.2) is 47.1 Å². The molecule has 0 aromatic rings. The van der Waals surface area contributed by atoms with Gasteiger partial charge in [-0.05, 0) is 63.5 Å². The lowest BCUT2D eigenvalue weighted by atomic mass is 9.90. The smallest absolute Gasteiger partial charge is 0.0134 e. The Balaban J connectivity index is 2.60. The van der Waals surface area contributed by atoms with Crippen molar-refractivity contribution in [2.75, 3.05) is 6.54 Å². The van der Waals surface area contributed by atoms with Gasteiger partial charge in [-0.2, -0.15) is 0 Å². The summed E-state index contributed by atoms with van der Waals surface area (Å²) < 4.78 is 0. The highest BCUT2D eigenvalue weighted by Gasteiger charge is 2.08. The predicted octanol–water partition coefficient (Wildman–Crippen LogP) is 4.67. The van der Waals surface area contributed by atoms with Crippen LogP contribution < -0.4 is 5.73 Å². The fraction of sp³-hybridized carbons (Fsp3) is 0.529. The molecule has 0 heterocycles. The maximum absolute atomic E-state index is 5.55. The fourth-order valence-corrected chi connectivity index (χ4v) is 2.27. The van der Waals surface area contributed by atoms with Crippen molar-refractivity contribution in [1.82, 2.24) is 0 Å². The molecule has 100 valence electrons. The zero-order chi connectivity index (χ0) is 13.5. The highest BCUT2D eigenvalue weighted by molar-refractivity contribution is 5.37. The van der Waals surface area contributed by atoms with E-state index in [9.17, 15) is 0 Å². The van der Waals surface area contributed by atoms with E-state index < -0.39 is 0 Å². The molecule has 0 saturated heterocycles. The van der Waals surface area contributed by atoms with E-state index in [1.165, 1.54) is 42.4 Å². The van der Waals surface area contributed by atoms with Gasteiger partial charge in [0.05, 0.1) is 0 Å². The van der Waals surface area contributed by atoms with Crippen LogP contribution in [0, 0.1) is 0 Å². The lowest BCUT2D eigenvalue weighted by Gasteiger charge is -2.16. The molecule has 1 heteroatoms. The van der Waals surface area contributed by atoms with Crippen LogP contribution in [0.5, 0.6) is 0 Å². The number of allylic oxidation sites excluding steroid dienone is 5. The highest BCUT2D eigenvalue weighted by atomic mass is 14.5. The molecule has 0 saturated carbocycles. The quantitative estimate of drug-likeness (QED) is 0.534. The Labute approximate surface area is 112 Å². The van der Waals surface area contributed by atoms with E-state index in [1.807, 2.05) is 0 Å². The first-order valence-electron chi connectivity index (χ1n) is 6.96. The van der Waals surface area contributed by atoms with Crippen molar-refractivity contribution in [3.63, 3.8) is 0 Å². The van der Waals surface area contributed by atoms with Crippen LogP contribution in [0.1, 0.15) is 52.4 Å². The molecular formula is C17H27N. The van der Waals surface area contributed by atoms with Gasteiger partial charge < -0.3 is 5.73 Å². The molecular weight excluding hydrogens is 218 g/mol. The average molecular weight is 245 g/mol. The number of nitrogens with two attached hydrogens (primary N) is 1. The maximum atomic E-state index is 5.55. The van der Waals surface area contributed by atoms with Crippen molar-refractivity contribution in [3.8, 4) is 0 Å². The summed E-state index contributed by atoms with van der Waals surface area (Å²) in [5.74, 6) is 0. The molecule has 0 atom stereocenters. The van der Waals surface area contributed by atoms with Gasteiger partial charge in [-0.25, -0.2) is 0 Å². The van der Waals surface area contributed by atoms with Crippen molar-refractivity contribution in [2.45, 2.75) is 52.4 Å². The molecule has 1 nitrogen and oxygen atoms in total. The Morgan fingerprint density at radius 3 is 2.50 bits per heavy atom. The van der Waals surface area contributed by atoms with Crippen molar-refractivity contribution >= 4 is 0 Å². The molecule has 0 spiro atoms. The molecule has 18 heavy (non-hydrogen) atoms. The van der Waals surface area contributed by atoms with Crippen molar-refractivity contribution in [2.24, 2.45) is 5.73 Å². The van der Waals surface area contributed by atoms with Gasteiger partial charge in [0.15, 0.2) is 0 Å². The molecule has 0 aliphatic heterocycles. The first kappa shape index (κ1) is 15.0. The Morgan fingerprint density at radius 1 is 1.22 bits per heavy atom. The van der Waals surface area contributed by atoms with E-state index >= 15 is 0 Å². The summed E-state index contributed by atoms with van der Waals surface area (Å²) in [4.78, 5) is 0. The van der Waals surface area contributed by atoms with Gasteiger partial charge in [-0.15, -0.1) is 0 Å². The summed E-state index contributed by atoms with van der Waals surface area (Å²) >= 11 is 0. The molecule has 0 aromatic heterocycles. The molecule has 0 amide bonds. The normalized spacial score (nSPS) is 16.9. The minimum Gasteiger partial charge on any atom is -0.327 e. The first-order chi connectivity index (χ1) is 8.54. The predicted molar refractivity (Wildman–Crippen MR) is 81.5 cm³/mol. The number of hydrogen-bond acceptors (Lipinski definition) is 1. The van der Waals surface area contributed by atoms with Crippen molar-refractivity contribution in [3.05, 3.63) is 47.1 Å². The number of hydrogen-bond donors (Lipinski definition) is 1. The molecule has 1 aliphatic carbocycles. The molecule has 0 unspecified atom stereocenters. The van der Waals surface area contributed by atoms with Gasteiger partial charge in [-0.3, -0.25) is 0 Å². The fourth-order valence-electron chi connectivity index (χ4n) is 2.27. The van der Waals surface area contributed by atoms with Gasteiger partial charge in [0.1, 0.15) is 0 Å². The third-order valence-corrected chi connectivity index (χ3v) is 3.81. The lowest BCUT2D eigenvalue weighted by molar-refractivity contribution is 0.682. The van der Waals surface area contributed by atoms with E-state index in [4.69, 9.17) is 5.73 Å². The summed E-state index contributed by atoms with van der Waals surface area (Å²) in [5.41, 5.74) is 12.3. The van der Waals surface area contributed by atoms with Crippen LogP contribution in [0.2, 0.25) is 0 Å². The standard InChI is InChI=1S/C17H27N/c1-13(12-18)9-10-14(2)16(4)11-17-8-6-5-7-15(17)3/h11H,1-2,5-10,12,18H2,3-4H3/b16-11+. The second-order valence-corrected chi connectivity index (χ2v) is 5.40. The Hall–Kier alpha value is -1.08. The van der Waals surface area contributed by atoms with Crippen LogP contribution >= 0.6 is 0 Å². The van der Waals surface area contributed by atoms with Crippen LogP contribution in [-0.4, -0.2) is 6.54 Å². The minimum atomic E-state index is 0.584. The number of rotatable bonds is 6. The van der Waals surface area contributed by atoms with Crippen molar-refractivity contribution in [1.29, 1.82) is 0 Å². The summed E-state index contributed by atoms with van der Waals surface area (Å²) in [6.07, 6.45) is 9.43. The highest BCUT2D eigenvalue weighted by Crippen LogP contribution is 2.27. The van der Waals surface area contributed by atoms with Gasteiger partial charge in [0, 0.05) is 6.54 Å². The SMILES string of the molecule is C=C(CN)CCC(=C)/C(C)=C/C1=C(C)CCCC1. The summed E-state index contributed by atoms with van der Waals surface area (Å²) in [6, 6.07) is 0. The third-order valence-electron chi connectivity index (χ3n) is 3.81. The maximum Gasteiger partial charge on any atom is 0.0134 e. The third kappa shape index (κ3) is 4.66. The molecule has 1 rings (SSSR count). The Kier molecular flexibility index (Phi) is 6.14. The molecule has 0 aromatic carbocycles. The monoisotopic (exact) mass is 245 g/mol.